The fourth-order valence-electron chi connectivity index (χ4n) is 8.96. The van der Waals surface area contributed by atoms with Crippen molar-refractivity contribution in [1.82, 2.24) is 0 Å². The zero-order valence-electron chi connectivity index (χ0n) is 23.2. The monoisotopic (exact) mass is 556 g/mol. The molecule has 0 aromatic heterocycles. The quantitative estimate of drug-likeness (QED) is 0.286. The molecule has 9 atom stereocenters. The van der Waals surface area contributed by atoms with E-state index in [0.29, 0.717) is 47.3 Å². The molecule has 0 aliphatic heterocycles. The Morgan fingerprint density at radius 2 is 0.750 bits per heavy atom. The molecule has 2 heteroatoms. The van der Waals surface area contributed by atoms with Gasteiger partial charge in [-0.05, 0) is 0 Å². The first kappa shape index (κ1) is 27.3. The Kier molecular flexibility index (Phi) is 9.56. The van der Waals surface area contributed by atoms with Gasteiger partial charge in [-0.2, -0.15) is 0 Å². The van der Waals surface area contributed by atoms with Crippen LogP contribution in [0.3, 0.4) is 0 Å². The van der Waals surface area contributed by atoms with Gasteiger partial charge in [0.15, 0.2) is 0 Å². The van der Waals surface area contributed by atoms with Crippen LogP contribution in [0, 0.1) is 53.3 Å². The second-order valence-corrected chi connectivity index (χ2v) is 25.2. The van der Waals surface area contributed by atoms with Crippen LogP contribution in [0.25, 0.3) is 0 Å². The second-order valence-electron chi connectivity index (χ2n) is 14.1. The van der Waals surface area contributed by atoms with Gasteiger partial charge in [-0.25, -0.2) is 0 Å². The topological polar surface area (TPSA) is 0 Å². The summed E-state index contributed by atoms with van der Waals surface area (Å²) < 4.78 is 20.4. The van der Waals surface area contributed by atoms with E-state index in [9.17, 15) is 0 Å². The van der Waals surface area contributed by atoms with E-state index < -0.39 is 18.9 Å². The third-order valence-corrected chi connectivity index (χ3v) is 26.2. The van der Waals surface area contributed by atoms with Crippen molar-refractivity contribution >= 4 is 18.9 Å². The van der Waals surface area contributed by atoms with Crippen LogP contribution in [0.1, 0.15) is 120 Å². The standard InChI is InChI=1S/3C10H19.FH.Sn/c3*1-8(2)10-6-4-9(3)5-7-10;;/h3*6,8-10H,4-5,7H2,1-3H3;1H;/q;;;;+1/p-1. The summed E-state index contributed by atoms with van der Waals surface area (Å²) in [6.07, 6.45) is 11.6. The third-order valence-electron chi connectivity index (χ3n) is 10.8. The molecular weight excluding hydrogens is 498 g/mol. The van der Waals surface area contributed by atoms with E-state index in [2.05, 4.69) is 62.3 Å². The summed E-state index contributed by atoms with van der Waals surface area (Å²) in [4.78, 5) is 0. The van der Waals surface area contributed by atoms with E-state index in [0.717, 1.165) is 17.8 Å². The van der Waals surface area contributed by atoms with Crippen molar-refractivity contribution in [1.29, 1.82) is 0 Å². The van der Waals surface area contributed by atoms with Crippen LogP contribution in [-0.2, 0) is 0 Å². The molecule has 3 fully saturated rings. The molecule has 188 valence electrons. The molecule has 0 heterocycles. The average molecular weight is 555 g/mol. The van der Waals surface area contributed by atoms with Crippen LogP contribution in [0.4, 0.5) is 2.87 Å². The van der Waals surface area contributed by atoms with E-state index in [1.807, 2.05) is 0 Å². The zero-order chi connectivity index (χ0) is 23.8. The van der Waals surface area contributed by atoms with Gasteiger partial charge < -0.3 is 0 Å². The van der Waals surface area contributed by atoms with Gasteiger partial charge in [0.05, 0.1) is 0 Å². The summed E-state index contributed by atoms with van der Waals surface area (Å²) in [5.41, 5.74) is 0. The predicted octanol–water partition coefficient (Wildman–Crippen LogP) is 10.3. The summed E-state index contributed by atoms with van der Waals surface area (Å²) in [5, 5.41) is 0. The molecule has 0 N–H and O–H groups in total. The van der Waals surface area contributed by atoms with Crippen molar-refractivity contribution in [2.45, 2.75) is 132 Å². The van der Waals surface area contributed by atoms with Crippen LogP contribution in [0.5, 0.6) is 0 Å². The second kappa shape index (κ2) is 11.2. The molecule has 0 radical (unpaired) electrons. The van der Waals surface area contributed by atoms with Crippen molar-refractivity contribution in [2.24, 2.45) is 53.3 Å². The Bertz CT molecular complexity index is 505. The maximum absolute atomic E-state index is 19.0. The van der Waals surface area contributed by atoms with E-state index in [1.54, 1.807) is 0 Å². The molecule has 0 aromatic rings. The molecule has 32 heavy (non-hydrogen) atoms. The number of rotatable bonds is 6. The summed E-state index contributed by atoms with van der Waals surface area (Å²) in [6, 6.07) is 0. The molecule has 0 bridgehead atoms. The summed E-state index contributed by atoms with van der Waals surface area (Å²) in [7, 11) is 0. The Balaban J connectivity index is 2.14. The minimum atomic E-state index is -4.10. The first-order valence-corrected chi connectivity index (χ1v) is 20.7. The first-order valence-electron chi connectivity index (χ1n) is 14.7. The van der Waals surface area contributed by atoms with Crippen LogP contribution in [0.2, 0.25) is 11.8 Å². The number of hydrogen-bond donors (Lipinski definition) is 0. The summed E-state index contributed by atoms with van der Waals surface area (Å²) in [5.74, 6) is 6.12. The van der Waals surface area contributed by atoms with Crippen LogP contribution in [0.15, 0.2) is 0 Å². The van der Waals surface area contributed by atoms with Gasteiger partial charge in [0.1, 0.15) is 0 Å². The van der Waals surface area contributed by atoms with Gasteiger partial charge in [0.25, 0.3) is 0 Å². The van der Waals surface area contributed by atoms with Crippen molar-refractivity contribution in [2.75, 3.05) is 0 Å². The van der Waals surface area contributed by atoms with Crippen molar-refractivity contribution < 1.29 is 2.87 Å². The van der Waals surface area contributed by atoms with Gasteiger partial charge in [-0.3, -0.25) is 0 Å². The first-order chi connectivity index (χ1) is 15.0. The Labute approximate surface area is 206 Å². The third kappa shape index (κ3) is 5.59. The molecule has 0 nitrogen and oxygen atoms in total. The molecule has 9 unspecified atom stereocenters. The summed E-state index contributed by atoms with van der Waals surface area (Å²) in [6.45, 7) is 21.9. The van der Waals surface area contributed by atoms with E-state index >= 15 is 2.87 Å². The predicted molar refractivity (Wildman–Crippen MR) is 142 cm³/mol. The molecule has 3 saturated carbocycles. The molecule has 0 aromatic carbocycles. The fraction of sp³-hybridized carbons (Fsp3) is 1.00. The van der Waals surface area contributed by atoms with E-state index in [-0.39, 0.29) is 0 Å². The van der Waals surface area contributed by atoms with Gasteiger partial charge in [0.2, 0.25) is 0 Å². The molecule has 3 rings (SSSR count). The van der Waals surface area contributed by atoms with Gasteiger partial charge in [-0.15, -0.1) is 0 Å². The summed E-state index contributed by atoms with van der Waals surface area (Å²) >= 11 is -4.10. The zero-order valence-corrected chi connectivity index (χ0v) is 26.0. The van der Waals surface area contributed by atoms with Gasteiger partial charge in [0, 0.05) is 0 Å². The van der Waals surface area contributed by atoms with Crippen molar-refractivity contribution in [3.8, 4) is 0 Å². The average Bonchev–Trinajstić information content (AvgIpc) is 2.72. The minimum absolute atomic E-state index is 0.473. The maximum atomic E-state index is 19.0. The van der Waals surface area contributed by atoms with Crippen molar-refractivity contribution in [3.63, 3.8) is 0 Å². The van der Waals surface area contributed by atoms with Crippen molar-refractivity contribution in [3.05, 3.63) is 0 Å². The van der Waals surface area contributed by atoms with E-state index in [1.165, 1.54) is 57.8 Å². The molecule has 3 aliphatic carbocycles. The molecule has 0 saturated heterocycles. The van der Waals surface area contributed by atoms with Gasteiger partial charge >= 0.3 is 207 Å². The number of halogens is 1. The van der Waals surface area contributed by atoms with Crippen LogP contribution in [-0.4, -0.2) is 18.9 Å². The molecule has 0 spiro atoms. The Morgan fingerprint density at radius 1 is 0.500 bits per heavy atom. The Morgan fingerprint density at radius 3 is 0.969 bits per heavy atom. The molecule has 3 aliphatic rings. The molecule has 0 amide bonds. The molecular formula is C30H57FSn. The Hall–Kier alpha value is 0.729. The van der Waals surface area contributed by atoms with Crippen LogP contribution >= 0.6 is 0 Å². The van der Waals surface area contributed by atoms with Crippen LogP contribution < -0.4 is 0 Å². The SMILES string of the molecule is CC1CCC(C(C)C)[CH]([Sn]([F])([CH]2CC(C)CCC2C(C)C)[CH]2CC(C)CCC2C(C)C)C1. The normalized spacial score (nSPS) is 43.6. The van der Waals surface area contributed by atoms with E-state index in [4.69, 9.17) is 0 Å². The fourth-order valence-corrected chi connectivity index (χ4v) is 30.5. The number of hydrogen-bond acceptors (Lipinski definition) is 0. The van der Waals surface area contributed by atoms with Gasteiger partial charge in [-0.1, -0.05) is 0 Å².